The van der Waals surface area contributed by atoms with E-state index in [1.54, 1.807) is 115 Å². The Morgan fingerprint density at radius 1 is 0.616 bits per heavy atom. The highest BCUT2D eigenvalue weighted by Gasteiger charge is 2.36. The van der Waals surface area contributed by atoms with Crippen LogP contribution in [-0.4, -0.2) is 129 Å². The molecule has 4 atom stereocenters. The second-order valence-electron chi connectivity index (χ2n) is 23.0. The van der Waals surface area contributed by atoms with Gasteiger partial charge in [0.25, 0.3) is 0 Å². The highest BCUT2D eigenvalue weighted by molar-refractivity contribution is 7.93. The Labute approximate surface area is 508 Å². The lowest BCUT2D eigenvalue weighted by molar-refractivity contribution is -0.147. The van der Waals surface area contributed by atoms with Crippen LogP contribution in [0.4, 0.5) is 27.8 Å². The van der Waals surface area contributed by atoms with Crippen molar-refractivity contribution in [3.63, 3.8) is 0 Å². The number of nitrogens with two attached hydrogens (primary N) is 1. The van der Waals surface area contributed by atoms with Gasteiger partial charge in [0, 0.05) is 34.3 Å². The lowest BCUT2D eigenvalue weighted by Crippen LogP contribution is -2.46. The number of nitrogens with one attached hydrogen (secondary N) is 3. The number of aliphatic hydroxyl groups excluding tert-OH is 1. The molecule has 0 aliphatic heterocycles. The van der Waals surface area contributed by atoms with Crippen LogP contribution < -0.4 is 31.2 Å². The number of carbonyl (C=O) groups is 3. The van der Waals surface area contributed by atoms with Gasteiger partial charge in [0.15, 0.2) is 19.7 Å². The number of hydrogen-bond acceptors (Lipinski definition) is 23. The van der Waals surface area contributed by atoms with Crippen LogP contribution in [0.2, 0.25) is 0 Å². The quantitative estimate of drug-likeness (QED) is 0.0305. The van der Waals surface area contributed by atoms with Gasteiger partial charge >= 0.3 is 18.0 Å². The summed E-state index contributed by atoms with van der Waals surface area (Å²) in [5.41, 5.74) is 13.1. The fourth-order valence-electron chi connectivity index (χ4n) is 7.93. The number of anilines is 4. The van der Waals surface area contributed by atoms with E-state index in [-0.39, 0.29) is 59.6 Å². The second kappa shape index (κ2) is 28.4. The molecule has 0 fully saturated rings. The number of carbonyl (C=O) groups excluding carboxylic acids is 2. The van der Waals surface area contributed by atoms with Crippen LogP contribution in [0.15, 0.2) is 94.1 Å². The summed E-state index contributed by atoms with van der Waals surface area (Å²) in [6.07, 6.45) is 3.52. The lowest BCUT2D eigenvalue weighted by atomic mass is 10.00. The first-order valence-electron chi connectivity index (χ1n) is 27.6. The molecule has 4 aromatic carbocycles. The average molecular weight is 1260 g/mol. The van der Waals surface area contributed by atoms with Crippen molar-refractivity contribution in [2.24, 2.45) is 17.6 Å². The number of carboxylic acid groups (broad SMARTS) is 1. The Morgan fingerprint density at radius 2 is 1.07 bits per heavy atom. The number of sulfone groups is 2. The van der Waals surface area contributed by atoms with Gasteiger partial charge in [-0.25, -0.2) is 56.3 Å². The molecule has 0 bridgehead atoms. The zero-order valence-electron chi connectivity index (χ0n) is 50.4. The molecular weight excluding hydrogens is 1180 g/mol. The highest BCUT2D eigenvalue weighted by atomic mass is 32.2. The van der Waals surface area contributed by atoms with Crippen molar-refractivity contribution in [1.29, 1.82) is 0 Å². The van der Waals surface area contributed by atoms with Crippen molar-refractivity contribution in [2.75, 3.05) is 37.1 Å². The van der Waals surface area contributed by atoms with Crippen LogP contribution in [0.1, 0.15) is 103 Å². The summed E-state index contributed by atoms with van der Waals surface area (Å²) in [4.78, 5) is 60.6. The van der Waals surface area contributed by atoms with Gasteiger partial charge in [0.1, 0.15) is 83.1 Å². The third-order valence-electron chi connectivity index (χ3n) is 13.4. The molecule has 7 N–H and O–H groups in total. The van der Waals surface area contributed by atoms with E-state index in [2.05, 4.69) is 45.9 Å². The average Bonchev–Trinajstić information content (AvgIpc) is 1.05. The summed E-state index contributed by atoms with van der Waals surface area (Å²) in [5.74, 6) is -0.525. The minimum Gasteiger partial charge on any atom is -0.490 e. The molecule has 0 spiro atoms. The standard InChI is InChI=1S/C27H33N5O5S2.C21H22N4O4S2.C11H21NO4/c1-6-16(2)24(28)26(33)37-10-9-36-21-13-19-18(12-23(21)39(34,35)27(3,4)5)25(30-14-29-19)32-17-7-8-22-20(11-17)31-15-38-22;1-21(2,3)31(27,28)19-9-14-15(10-17(19)29-7-6-26)22-11-23-20(14)25-13-4-5-18-16(8-13)24-12-30-18;1-6-7(2)8(9(13)14)12-10(15)16-11(3,4)5/h7-8,11-16,24H,6,9-10,28H2,1-5H3,(H,29,30,32);4-5,8-12,26H,6-7H2,1-3H3,(H,22,23,25);7-8H,6H2,1-5H3,(H,12,15)(H,13,14)/t16-,24-;;7-,8-/m0.0/s1. The van der Waals surface area contributed by atoms with Gasteiger partial charge in [0.2, 0.25) is 0 Å². The number of aliphatic hydroxyl groups is 1. The van der Waals surface area contributed by atoms with E-state index >= 15 is 0 Å². The minimum absolute atomic E-state index is 0.00191. The largest absolute Gasteiger partial charge is 0.490 e. The molecule has 0 radical (unpaired) electrons. The Balaban J connectivity index is 0.000000224. The Bertz CT molecular complexity index is 3920. The predicted octanol–water partition coefficient (Wildman–Crippen LogP) is 10.8. The summed E-state index contributed by atoms with van der Waals surface area (Å²) in [5, 5.41) is 28.0. The molecule has 0 unspecified atom stereocenters. The number of carboxylic acids is 1. The number of benzene rings is 4. The van der Waals surface area contributed by atoms with E-state index in [1.807, 2.05) is 57.2 Å². The number of ether oxygens (including phenoxy) is 4. The molecule has 0 aliphatic rings. The van der Waals surface area contributed by atoms with Gasteiger partial charge in [-0.15, -0.1) is 22.7 Å². The summed E-state index contributed by atoms with van der Waals surface area (Å²) in [6, 6.07) is 16.1. The molecule has 4 aromatic heterocycles. The summed E-state index contributed by atoms with van der Waals surface area (Å²) in [7, 11) is -7.57. The Hall–Kier alpha value is -7.43. The van der Waals surface area contributed by atoms with Crippen molar-refractivity contribution in [1.82, 2.24) is 35.2 Å². The molecule has 27 heteroatoms. The first kappa shape index (κ1) is 67.7. The normalized spacial score (nSPS) is 13.5. The minimum atomic E-state index is -3.84. The van der Waals surface area contributed by atoms with E-state index in [0.717, 1.165) is 38.2 Å². The van der Waals surface area contributed by atoms with Crippen LogP contribution >= 0.6 is 22.7 Å². The number of esters is 1. The molecule has 86 heavy (non-hydrogen) atoms. The second-order valence-corrected chi connectivity index (χ2v) is 30.1. The van der Waals surface area contributed by atoms with Crippen molar-refractivity contribution in [3.8, 4) is 11.5 Å². The SMILES string of the molecule is CC(C)(C)S(=O)(=O)c1cc2c(Nc3ccc4scnc4c3)ncnc2cc1OCCO.CC[C@H](C)[C@H](N)C(=O)OCCOc1cc2ncnc(Nc3ccc4scnc4c3)c2cc1S(=O)(=O)C(C)(C)C.CC[C@H](C)[C@H](NC(=O)OC(C)(C)C)C(=O)O. The van der Waals surface area contributed by atoms with Crippen molar-refractivity contribution in [3.05, 3.63) is 84.3 Å². The van der Waals surface area contributed by atoms with Crippen molar-refractivity contribution >= 4 is 126 Å². The number of nitrogens with zero attached hydrogens (tertiary/aromatic N) is 6. The lowest BCUT2D eigenvalue weighted by Gasteiger charge is -2.24. The fourth-order valence-corrected chi connectivity index (χ4v) is 11.9. The van der Waals surface area contributed by atoms with E-state index < -0.39 is 64.9 Å². The van der Waals surface area contributed by atoms with Crippen LogP contribution in [0.3, 0.4) is 0 Å². The van der Waals surface area contributed by atoms with Gasteiger partial charge in [0.05, 0.1) is 58.6 Å². The number of amides is 1. The van der Waals surface area contributed by atoms with E-state index in [0.29, 0.717) is 39.9 Å². The molecule has 0 saturated heterocycles. The Kier molecular flexibility index (Phi) is 22.3. The van der Waals surface area contributed by atoms with Crippen molar-refractivity contribution in [2.45, 2.75) is 140 Å². The summed E-state index contributed by atoms with van der Waals surface area (Å²) in [6.45, 7) is 22.0. The van der Waals surface area contributed by atoms with Gasteiger partial charge in [-0.3, -0.25) is 4.79 Å². The molecule has 4 heterocycles. The van der Waals surface area contributed by atoms with E-state index in [1.165, 1.54) is 24.8 Å². The van der Waals surface area contributed by atoms with Crippen molar-refractivity contribution < 1.29 is 60.4 Å². The number of rotatable bonds is 20. The molecule has 23 nitrogen and oxygen atoms in total. The van der Waals surface area contributed by atoms with E-state index in [4.69, 9.17) is 34.9 Å². The fraction of sp³-hybridized carbons (Fsp3) is 0.441. The third kappa shape index (κ3) is 17.0. The number of aliphatic carboxylic acids is 1. The van der Waals surface area contributed by atoms with E-state index in [9.17, 15) is 31.2 Å². The number of alkyl carbamates (subject to hydrolysis) is 1. The topological polar surface area (TPSA) is 336 Å². The van der Waals surface area contributed by atoms with Crippen LogP contribution in [0.25, 0.3) is 42.2 Å². The number of aromatic nitrogens is 6. The predicted molar refractivity (Wildman–Crippen MR) is 335 cm³/mol. The molecule has 464 valence electrons. The monoisotopic (exact) mass is 1260 g/mol. The van der Waals surface area contributed by atoms with Gasteiger partial charge < -0.3 is 50.8 Å². The molecule has 0 aliphatic carbocycles. The zero-order chi connectivity index (χ0) is 63.5. The number of thiazole rings is 2. The first-order chi connectivity index (χ1) is 40.3. The summed E-state index contributed by atoms with van der Waals surface area (Å²) < 4.78 is 75.4. The molecule has 8 aromatic rings. The van der Waals surface area contributed by atoms with Gasteiger partial charge in [-0.1, -0.05) is 40.5 Å². The molecular formula is C59H76N10O13S4. The first-order valence-corrected chi connectivity index (χ1v) is 32.3. The van der Waals surface area contributed by atoms with Crippen LogP contribution in [-0.2, 0) is 38.7 Å². The van der Waals surface area contributed by atoms with Crippen LogP contribution in [0.5, 0.6) is 11.5 Å². The Morgan fingerprint density at radius 3 is 1.48 bits per heavy atom. The maximum absolute atomic E-state index is 13.6. The number of hydrogen-bond donors (Lipinski definition) is 6. The zero-order valence-corrected chi connectivity index (χ0v) is 53.7. The highest BCUT2D eigenvalue weighted by Crippen LogP contribution is 2.39. The third-order valence-corrected chi connectivity index (χ3v) is 20.0. The van der Waals surface area contributed by atoms with Gasteiger partial charge in [-0.05, 0) is 123 Å². The number of fused-ring (bicyclic) bond motifs is 4. The van der Waals surface area contributed by atoms with Gasteiger partial charge in [-0.2, -0.15) is 0 Å². The molecule has 0 saturated carbocycles. The van der Waals surface area contributed by atoms with Crippen LogP contribution in [0, 0.1) is 11.8 Å². The smallest absolute Gasteiger partial charge is 0.408 e. The molecule has 1 amide bonds. The maximum atomic E-state index is 13.6. The summed E-state index contributed by atoms with van der Waals surface area (Å²) >= 11 is 3.10. The maximum Gasteiger partial charge on any atom is 0.408 e. The molecule has 8 rings (SSSR count).